The van der Waals surface area contributed by atoms with E-state index in [-0.39, 0.29) is 23.7 Å². The average molecular weight is 428 g/mol. The number of fused-ring (bicyclic) bond motifs is 1. The minimum atomic E-state index is -4.71. The Morgan fingerprint density at radius 2 is 1.94 bits per heavy atom. The molecule has 6 nitrogen and oxygen atoms in total. The Morgan fingerprint density at radius 1 is 1.13 bits per heavy atom. The second-order valence-electron chi connectivity index (χ2n) is 7.80. The second-order valence-corrected chi connectivity index (χ2v) is 7.80. The molecule has 2 aromatic carbocycles. The fraction of sp³-hybridized carbons (Fsp3) is 0.318. The third-order valence-corrected chi connectivity index (χ3v) is 5.94. The van der Waals surface area contributed by atoms with Gasteiger partial charge in [-0.2, -0.15) is 18.2 Å². The van der Waals surface area contributed by atoms with Gasteiger partial charge in [-0.3, -0.25) is 4.79 Å². The summed E-state index contributed by atoms with van der Waals surface area (Å²) in [5.74, 6) is -1.55. The zero-order valence-corrected chi connectivity index (χ0v) is 16.4. The lowest BCUT2D eigenvalue weighted by Gasteiger charge is -2.38. The maximum Gasteiger partial charge on any atom is 0.471 e. The molecule has 5 rings (SSSR count). The highest BCUT2D eigenvalue weighted by molar-refractivity contribution is 5.99. The van der Waals surface area contributed by atoms with E-state index >= 15 is 0 Å². The third-order valence-electron chi connectivity index (χ3n) is 5.94. The van der Waals surface area contributed by atoms with Crippen molar-refractivity contribution in [1.82, 2.24) is 20.4 Å². The van der Waals surface area contributed by atoms with E-state index in [4.69, 9.17) is 0 Å². The molecular weight excluding hydrogens is 409 g/mol. The van der Waals surface area contributed by atoms with Crippen LogP contribution < -0.4 is 5.32 Å². The summed E-state index contributed by atoms with van der Waals surface area (Å²) in [4.78, 5) is 18.6. The number of carbonyl (C=O) groups excluding carboxylic acids is 1. The van der Waals surface area contributed by atoms with Crippen LogP contribution in [0.3, 0.4) is 0 Å². The Kier molecular flexibility index (Phi) is 4.77. The molecule has 0 unspecified atom stereocenters. The van der Waals surface area contributed by atoms with Gasteiger partial charge in [0.15, 0.2) is 0 Å². The molecular formula is C22H19F3N4O2. The van der Waals surface area contributed by atoms with Crippen molar-refractivity contribution in [2.24, 2.45) is 0 Å². The van der Waals surface area contributed by atoms with Gasteiger partial charge < -0.3 is 14.7 Å². The van der Waals surface area contributed by atoms with Gasteiger partial charge in [0.05, 0.1) is 0 Å². The molecule has 0 bridgehead atoms. The smallest absolute Gasteiger partial charge is 0.331 e. The van der Waals surface area contributed by atoms with Crippen molar-refractivity contribution in [3.8, 4) is 11.4 Å². The standard InChI is InChI=1S/C22H19F3N4O2/c23-22(24,25)21-27-19(28-31-21)14-6-7-15-12-29(20(30)16(15)10-14)18-8-9-26-11-17(18)13-4-2-1-3-5-13/h1-7,10,17-18,26H,8-9,11-12H2/t17-,18-/m1/s1. The van der Waals surface area contributed by atoms with Gasteiger partial charge in [0, 0.05) is 36.2 Å². The maximum atomic E-state index is 13.3. The lowest BCUT2D eigenvalue weighted by atomic mass is 9.86. The van der Waals surface area contributed by atoms with Crippen molar-refractivity contribution in [2.75, 3.05) is 13.1 Å². The molecule has 0 aliphatic carbocycles. The number of carbonyl (C=O) groups is 1. The van der Waals surface area contributed by atoms with Crippen molar-refractivity contribution in [3.63, 3.8) is 0 Å². The lowest BCUT2D eigenvalue weighted by Crippen LogP contribution is -2.48. The van der Waals surface area contributed by atoms with Gasteiger partial charge in [-0.25, -0.2) is 0 Å². The molecule has 1 amide bonds. The summed E-state index contributed by atoms with van der Waals surface area (Å²) < 4.78 is 42.6. The molecule has 1 N–H and O–H groups in total. The molecule has 1 fully saturated rings. The third kappa shape index (κ3) is 3.59. The average Bonchev–Trinajstić information content (AvgIpc) is 3.40. The van der Waals surface area contributed by atoms with Crippen LogP contribution in [-0.2, 0) is 12.7 Å². The van der Waals surface area contributed by atoms with Crippen molar-refractivity contribution in [1.29, 1.82) is 0 Å². The number of benzene rings is 2. The van der Waals surface area contributed by atoms with E-state index in [0.29, 0.717) is 17.7 Å². The number of alkyl halides is 3. The quantitative estimate of drug-likeness (QED) is 0.686. The highest BCUT2D eigenvalue weighted by atomic mass is 19.4. The SMILES string of the molecule is O=C1c2cc(-c3noc(C(F)(F)F)n3)ccc2CN1[C@@H]1CCNC[C@@H]1c1ccccc1. The molecule has 160 valence electrons. The van der Waals surface area contributed by atoms with Crippen molar-refractivity contribution >= 4 is 5.91 Å². The highest BCUT2D eigenvalue weighted by Crippen LogP contribution is 2.36. The number of hydrogen-bond donors (Lipinski definition) is 1. The van der Waals surface area contributed by atoms with Crippen molar-refractivity contribution in [2.45, 2.75) is 31.1 Å². The summed E-state index contributed by atoms with van der Waals surface area (Å²) in [7, 11) is 0. The van der Waals surface area contributed by atoms with Crippen LogP contribution in [0.1, 0.15) is 39.7 Å². The van der Waals surface area contributed by atoms with Crippen LogP contribution in [0.2, 0.25) is 0 Å². The summed E-state index contributed by atoms with van der Waals surface area (Å²) in [5.41, 5.74) is 2.81. The molecule has 3 aromatic rings. The van der Waals surface area contributed by atoms with E-state index in [9.17, 15) is 18.0 Å². The normalized spacial score (nSPS) is 21.4. The topological polar surface area (TPSA) is 71.3 Å². The number of nitrogens with one attached hydrogen (secondary N) is 1. The number of nitrogens with zero attached hydrogens (tertiary/aromatic N) is 3. The van der Waals surface area contributed by atoms with Crippen molar-refractivity contribution in [3.05, 3.63) is 71.1 Å². The first kappa shape index (κ1) is 19.7. The molecule has 2 atom stereocenters. The van der Waals surface area contributed by atoms with Crippen molar-refractivity contribution < 1.29 is 22.5 Å². The van der Waals surface area contributed by atoms with Gasteiger partial charge in [0.1, 0.15) is 0 Å². The molecule has 1 aromatic heterocycles. The first-order chi connectivity index (χ1) is 14.9. The summed E-state index contributed by atoms with van der Waals surface area (Å²) >= 11 is 0. The summed E-state index contributed by atoms with van der Waals surface area (Å²) in [6, 6.07) is 15.1. The van der Waals surface area contributed by atoms with E-state index in [2.05, 4.69) is 32.1 Å². The number of piperidine rings is 1. The summed E-state index contributed by atoms with van der Waals surface area (Å²) in [5, 5.41) is 6.84. The predicted octanol–water partition coefficient (Wildman–Crippen LogP) is 3.86. The minimum Gasteiger partial charge on any atom is -0.331 e. The van der Waals surface area contributed by atoms with Crippen LogP contribution in [0, 0.1) is 0 Å². The Balaban J connectivity index is 1.43. The Bertz CT molecular complexity index is 1110. The van der Waals surface area contributed by atoms with Gasteiger partial charge in [0.2, 0.25) is 5.82 Å². The first-order valence-corrected chi connectivity index (χ1v) is 10.0. The summed E-state index contributed by atoms with van der Waals surface area (Å²) in [6.07, 6.45) is -3.89. The molecule has 0 saturated carbocycles. The van der Waals surface area contributed by atoms with Crippen LogP contribution >= 0.6 is 0 Å². The van der Waals surface area contributed by atoms with Crippen LogP contribution in [0.4, 0.5) is 13.2 Å². The van der Waals surface area contributed by atoms with Crippen LogP contribution in [0.15, 0.2) is 53.1 Å². The number of aromatic nitrogens is 2. The number of rotatable bonds is 3. The Morgan fingerprint density at radius 3 is 2.68 bits per heavy atom. The molecule has 0 spiro atoms. The molecule has 2 aliphatic rings. The molecule has 9 heteroatoms. The van der Waals surface area contributed by atoms with E-state index in [1.165, 1.54) is 5.56 Å². The number of halogens is 3. The first-order valence-electron chi connectivity index (χ1n) is 10.0. The van der Waals surface area contributed by atoms with Crippen LogP contribution in [-0.4, -0.2) is 40.1 Å². The van der Waals surface area contributed by atoms with E-state index in [1.807, 2.05) is 23.1 Å². The lowest BCUT2D eigenvalue weighted by molar-refractivity contribution is -0.159. The molecule has 0 radical (unpaired) electrons. The van der Waals surface area contributed by atoms with Gasteiger partial charge in [-0.15, -0.1) is 0 Å². The van der Waals surface area contributed by atoms with Crippen LogP contribution in [0.25, 0.3) is 11.4 Å². The second kappa shape index (κ2) is 7.49. The molecule has 1 saturated heterocycles. The van der Waals surface area contributed by atoms with E-state index in [0.717, 1.165) is 25.1 Å². The Labute approximate surface area is 176 Å². The number of hydrogen-bond acceptors (Lipinski definition) is 5. The van der Waals surface area contributed by atoms with Gasteiger partial charge in [-0.1, -0.05) is 47.6 Å². The van der Waals surface area contributed by atoms with Gasteiger partial charge in [-0.05, 0) is 30.2 Å². The minimum absolute atomic E-state index is 0.0361. The van der Waals surface area contributed by atoms with E-state index < -0.39 is 12.1 Å². The zero-order valence-electron chi connectivity index (χ0n) is 16.4. The highest BCUT2D eigenvalue weighted by Gasteiger charge is 2.40. The largest absolute Gasteiger partial charge is 0.471 e. The molecule has 3 heterocycles. The monoisotopic (exact) mass is 428 g/mol. The van der Waals surface area contributed by atoms with Gasteiger partial charge in [0.25, 0.3) is 5.91 Å². The fourth-order valence-electron chi connectivity index (χ4n) is 4.44. The molecule has 2 aliphatic heterocycles. The van der Waals surface area contributed by atoms with Crippen LogP contribution in [0.5, 0.6) is 0 Å². The molecule has 31 heavy (non-hydrogen) atoms. The van der Waals surface area contributed by atoms with E-state index in [1.54, 1.807) is 18.2 Å². The summed E-state index contributed by atoms with van der Waals surface area (Å²) in [6.45, 7) is 2.08. The fourth-order valence-corrected chi connectivity index (χ4v) is 4.44. The zero-order chi connectivity index (χ0) is 21.6. The van der Waals surface area contributed by atoms with Gasteiger partial charge >= 0.3 is 12.1 Å². The maximum absolute atomic E-state index is 13.3. The number of amides is 1. The Hall–Kier alpha value is -3.20. The predicted molar refractivity (Wildman–Crippen MR) is 105 cm³/mol.